The van der Waals surface area contributed by atoms with Gasteiger partial charge in [-0.15, -0.1) is 11.6 Å². The summed E-state index contributed by atoms with van der Waals surface area (Å²) in [5, 5.41) is 0.203. The lowest BCUT2D eigenvalue weighted by molar-refractivity contribution is 0.320. The molecule has 0 fully saturated rings. The van der Waals surface area contributed by atoms with E-state index in [1.807, 2.05) is 0 Å². The van der Waals surface area contributed by atoms with Gasteiger partial charge in [0.25, 0.3) is 0 Å². The molecule has 1 heteroatoms. The number of benzene rings is 1. The molecule has 2 rings (SSSR count). The number of hydrogen-bond donors (Lipinski definition) is 0. The molecule has 0 spiro atoms. The molecule has 18 heavy (non-hydrogen) atoms. The number of allylic oxidation sites excluding steroid dienone is 2. The first-order valence-corrected chi connectivity index (χ1v) is 7.18. The Morgan fingerprint density at radius 3 is 2.33 bits per heavy atom. The third-order valence-electron chi connectivity index (χ3n) is 3.58. The van der Waals surface area contributed by atoms with E-state index in [0.717, 1.165) is 12.8 Å². The summed E-state index contributed by atoms with van der Waals surface area (Å²) in [6.07, 6.45) is 5.58. The highest BCUT2D eigenvalue weighted by Crippen LogP contribution is 2.38. The van der Waals surface area contributed by atoms with E-state index < -0.39 is 0 Å². The quantitative estimate of drug-likeness (QED) is 0.508. The van der Waals surface area contributed by atoms with E-state index in [-0.39, 0.29) is 5.38 Å². The second kappa shape index (κ2) is 5.09. The maximum atomic E-state index is 6.35. The van der Waals surface area contributed by atoms with E-state index in [1.165, 1.54) is 28.7 Å². The fraction of sp³-hybridized carbons (Fsp3) is 0.529. The molecule has 0 amide bonds. The molecule has 0 nitrogen and oxygen atoms in total. The third-order valence-corrected chi connectivity index (χ3v) is 3.86. The number of alkyl halides is 1. The predicted octanol–water partition coefficient (Wildman–Crippen LogP) is 5.20. The monoisotopic (exact) mass is 262 g/mol. The van der Waals surface area contributed by atoms with Crippen molar-refractivity contribution in [2.45, 2.75) is 52.3 Å². The van der Waals surface area contributed by atoms with Crippen molar-refractivity contribution in [1.29, 1.82) is 0 Å². The van der Waals surface area contributed by atoms with Gasteiger partial charge in [-0.3, -0.25) is 0 Å². The molecular formula is C17H23Cl. The highest BCUT2D eigenvalue weighted by Gasteiger charge is 2.27. The molecular weight excluding hydrogens is 240 g/mol. The van der Waals surface area contributed by atoms with Crippen LogP contribution in [0.2, 0.25) is 0 Å². The normalized spacial score (nSPS) is 22.7. The number of halogens is 1. The van der Waals surface area contributed by atoms with Crippen molar-refractivity contribution < 1.29 is 0 Å². The van der Waals surface area contributed by atoms with Crippen LogP contribution in [0.3, 0.4) is 0 Å². The molecule has 98 valence electrons. The maximum Gasteiger partial charge on any atom is 0.0523 e. The molecule has 0 radical (unpaired) electrons. The molecule has 0 aromatic heterocycles. The lowest BCUT2D eigenvalue weighted by Gasteiger charge is -2.32. The first-order valence-electron chi connectivity index (χ1n) is 6.75. The maximum absolute atomic E-state index is 6.35. The van der Waals surface area contributed by atoms with Gasteiger partial charge in [-0.25, -0.2) is 0 Å². The molecule has 1 unspecified atom stereocenters. The van der Waals surface area contributed by atoms with E-state index in [2.05, 4.69) is 52.0 Å². The van der Waals surface area contributed by atoms with Gasteiger partial charge in [-0.1, -0.05) is 54.8 Å². The number of hydrogen-bond acceptors (Lipinski definition) is 0. The fourth-order valence-electron chi connectivity index (χ4n) is 3.14. The van der Waals surface area contributed by atoms with Crippen LogP contribution in [0.4, 0.5) is 0 Å². The van der Waals surface area contributed by atoms with Crippen LogP contribution in [-0.4, -0.2) is 5.38 Å². The standard InChI is InChI=1S/C17H23Cl/c1-12-5-13(2)7-14(6-12)8-15-9-16(18)11-17(3,4)10-15/h5-7,9,16H,8,10-11H2,1-4H3. The molecule has 1 aliphatic rings. The third kappa shape index (κ3) is 3.62. The van der Waals surface area contributed by atoms with Gasteiger partial charge in [0.05, 0.1) is 5.38 Å². The highest BCUT2D eigenvalue weighted by atomic mass is 35.5. The summed E-state index contributed by atoms with van der Waals surface area (Å²) in [7, 11) is 0. The van der Waals surface area contributed by atoms with E-state index in [4.69, 9.17) is 11.6 Å². The molecule has 1 aromatic rings. The Kier molecular flexibility index (Phi) is 3.87. The van der Waals surface area contributed by atoms with E-state index >= 15 is 0 Å². The smallest absolute Gasteiger partial charge is 0.0523 e. The minimum atomic E-state index is 0.203. The SMILES string of the molecule is Cc1cc(C)cc(CC2=CC(Cl)CC(C)(C)C2)c1. The average Bonchev–Trinajstić information content (AvgIpc) is 2.10. The zero-order valence-corrected chi connectivity index (χ0v) is 12.6. The van der Waals surface area contributed by atoms with Gasteiger partial charge >= 0.3 is 0 Å². The zero-order chi connectivity index (χ0) is 13.3. The van der Waals surface area contributed by atoms with Crippen molar-refractivity contribution in [1.82, 2.24) is 0 Å². The molecule has 0 bridgehead atoms. The van der Waals surface area contributed by atoms with Gasteiger partial charge in [0.2, 0.25) is 0 Å². The molecule has 0 heterocycles. The zero-order valence-electron chi connectivity index (χ0n) is 11.9. The molecule has 1 aromatic carbocycles. The van der Waals surface area contributed by atoms with Gasteiger partial charge in [-0.2, -0.15) is 0 Å². The van der Waals surface area contributed by atoms with Crippen molar-refractivity contribution in [3.05, 3.63) is 46.5 Å². The largest absolute Gasteiger partial charge is 0.118 e. The minimum absolute atomic E-state index is 0.203. The molecule has 0 aliphatic heterocycles. The van der Waals surface area contributed by atoms with Crippen molar-refractivity contribution in [2.75, 3.05) is 0 Å². The van der Waals surface area contributed by atoms with Crippen molar-refractivity contribution >= 4 is 11.6 Å². The van der Waals surface area contributed by atoms with Gasteiger partial charge < -0.3 is 0 Å². The summed E-state index contributed by atoms with van der Waals surface area (Å²) in [5.74, 6) is 0. The van der Waals surface area contributed by atoms with Crippen molar-refractivity contribution in [3.8, 4) is 0 Å². The van der Waals surface area contributed by atoms with Crippen LogP contribution in [-0.2, 0) is 6.42 Å². The summed E-state index contributed by atoms with van der Waals surface area (Å²) in [6.45, 7) is 8.97. The van der Waals surface area contributed by atoms with Gasteiger partial charge in [0, 0.05) is 0 Å². The topological polar surface area (TPSA) is 0 Å². The number of rotatable bonds is 2. The van der Waals surface area contributed by atoms with Crippen LogP contribution in [0.15, 0.2) is 29.8 Å². The van der Waals surface area contributed by atoms with Crippen LogP contribution < -0.4 is 0 Å². The van der Waals surface area contributed by atoms with Crippen LogP contribution in [0.1, 0.15) is 43.4 Å². The Labute approximate surface area is 116 Å². The first kappa shape index (κ1) is 13.7. The highest BCUT2D eigenvalue weighted by molar-refractivity contribution is 6.21. The van der Waals surface area contributed by atoms with Crippen molar-refractivity contribution in [3.63, 3.8) is 0 Å². The van der Waals surface area contributed by atoms with Crippen molar-refractivity contribution in [2.24, 2.45) is 5.41 Å². The summed E-state index contributed by atoms with van der Waals surface area (Å²) in [6, 6.07) is 6.81. The summed E-state index contributed by atoms with van der Waals surface area (Å²) < 4.78 is 0. The van der Waals surface area contributed by atoms with Crippen LogP contribution >= 0.6 is 11.6 Å². The van der Waals surface area contributed by atoms with Gasteiger partial charge in [0.15, 0.2) is 0 Å². The molecule has 1 atom stereocenters. The Bertz CT molecular complexity index is 448. The second-order valence-corrected chi connectivity index (χ2v) is 7.12. The Balaban J connectivity index is 2.18. The number of aryl methyl sites for hydroxylation is 2. The Hall–Kier alpha value is -0.750. The van der Waals surface area contributed by atoms with Gasteiger partial charge in [-0.05, 0) is 44.1 Å². The molecule has 1 aliphatic carbocycles. The summed E-state index contributed by atoms with van der Waals surface area (Å²) in [5.41, 5.74) is 5.96. The Morgan fingerprint density at radius 2 is 1.78 bits per heavy atom. The molecule has 0 N–H and O–H groups in total. The second-order valence-electron chi connectivity index (χ2n) is 6.56. The lowest BCUT2D eigenvalue weighted by Crippen LogP contribution is -2.22. The molecule has 0 saturated heterocycles. The van der Waals surface area contributed by atoms with Gasteiger partial charge in [0.1, 0.15) is 0 Å². The predicted molar refractivity (Wildman–Crippen MR) is 80.4 cm³/mol. The summed E-state index contributed by atoms with van der Waals surface area (Å²) >= 11 is 6.35. The summed E-state index contributed by atoms with van der Waals surface area (Å²) in [4.78, 5) is 0. The van der Waals surface area contributed by atoms with Crippen LogP contribution in [0, 0.1) is 19.3 Å². The minimum Gasteiger partial charge on any atom is -0.118 e. The lowest BCUT2D eigenvalue weighted by atomic mass is 9.76. The van der Waals surface area contributed by atoms with Crippen LogP contribution in [0.5, 0.6) is 0 Å². The fourth-order valence-corrected chi connectivity index (χ4v) is 3.74. The average molecular weight is 263 g/mol. The van der Waals surface area contributed by atoms with E-state index in [9.17, 15) is 0 Å². The first-order chi connectivity index (χ1) is 8.34. The van der Waals surface area contributed by atoms with E-state index in [1.54, 1.807) is 0 Å². The van der Waals surface area contributed by atoms with Crippen LogP contribution in [0.25, 0.3) is 0 Å². The van der Waals surface area contributed by atoms with E-state index in [0.29, 0.717) is 5.41 Å². The Morgan fingerprint density at radius 1 is 1.17 bits per heavy atom. The molecule has 0 saturated carbocycles.